The largest absolute Gasteiger partial charge is 0.481 e. The maximum absolute atomic E-state index is 11.6. The van der Waals surface area contributed by atoms with Crippen LogP contribution in [0, 0.1) is 0 Å². The van der Waals surface area contributed by atoms with Crippen LogP contribution in [0.4, 0.5) is 4.79 Å². The lowest BCUT2D eigenvalue weighted by Gasteiger charge is -2.16. The Morgan fingerprint density at radius 1 is 1.47 bits per heavy atom. The van der Waals surface area contributed by atoms with E-state index in [2.05, 4.69) is 0 Å². The number of nitrogens with two attached hydrogens (primary N) is 2. The molecule has 3 amide bonds. The molecule has 0 saturated carbocycles. The van der Waals surface area contributed by atoms with Crippen molar-refractivity contribution in [3.63, 3.8) is 0 Å². The van der Waals surface area contributed by atoms with Gasteiger partial charge in [-0.3, -0.25) is 10.1 Å². The van der Waals surface area contributed by atoms with E-state index in [-0.39, 0.29) is 6.04 Å². The molecule has 1 aromatic carbocycles. The molecule has 0 bridgehead atoms. The first-order chi connectivity index (χ1) is 8.99. The third-order valence-corrected chi connectivity index (χ3v) is 3.19. The number of nitrogens with one attached hydrogen (secondary N) is 1. The van der Waals surface area contributed by atoms with Crippen LogP contribution in [-0.2, 0) is 11.2 Å². The Balaban J connectivity index is 2.12. The highest BCUT2D eigenvalue weighted by Gasteiger charge is 2.24. The van der Waals surface area contributed by atoms with Gasteiger partial charge in [0.2, 0.25) is 0 Å². The van der Waals surface area contributed by atoms with Crippen molar-refractivity contribution in [3.8, 4) is 5.75 Å². The highest BCUT2D eigenvalue weighted by molar-refractivity contribution is 5.95. The van der Waals surface area contributed by atoms with E-state index in [4.69, 9.17) is 16.2 Å². The van der Waals surface area contributed by atoms with E-state index in [0.29, 0.717) is 5.75 Å². The minimum Gasteiger partial charge on any atom is -0.481 e. The van der Waals surface area contributed by atoms with Crippen molar-refractivity contribution in [1.29, 1.82) is 0 Å². The van der Waals surface area contributed by atoms with Crippen molar-refractivity contribution in [2.45, 2.75) is 31.9 Å². The zero-order valence-corrected chi connectivity index (χ0v) is 10.7. The van der Waals surface area contributed by atoms with Crippen molar-refractivity contribution in [2.24, 2.45) is 11.5 Å². The summed E-state index contributed by atoms with van der Waals surface area (Å²) in [5.74, 6) is 0.0740. The summed E-state index contributed by atoms with van der Waals surface area (Å²) >= 11 is 0. The number of ether oxygens (including phenoxy) is 1. The van der Waals surface area contributed by atoms with Crippen molar-refractivity contribution in [2.75, 3.05) is 0 Å². The Kier molecular flexibility index (Phi) is 3.71. The molecular formula is C13H17N3O3. The van der Waals surface area contributed by atoms with E-state index in [9.17, 15) is 9.59 Å². The van der Waals surface area contributed by atoms with Crippen LogP contribution < -0.4 is 21.5 Å². The lowest BCUT2D eigenvalue weighted by molar-refractivity contribution is -0.126. The van der Waals surface area contributed by atoms with Gasteiger partial charge in [0.15, 0.2) is 6.10 Å². The standard InChI is InChI=1S/C13H17N3O3/c1-7(12(17)16-13(15)18)19-11-4-2-3-8-9(11)5-6-10(8)14/h2-4,7,10H,5-6,14H2,1H3,(H3,15,16,17,18). The van der Waals surface area contributed by atoms with E-state index < -0.39 is 18.0 Å². The molecule has 102 valence electrons. The van der Waals surface area contributed by atoms with Gasteiger partial charge in [-0.25, -0.2) is 4.79 Å². The fourth-order valence-corrected chi connectivity index (χ4v) is 2.23. The van der Waals surface area contributed by atoms with E-state index in [1.165, 1.54) is 0 Å². The van der Waals surface area contributed by atoms with Gasteiger partial charge >= 0.3 is 6.03 Å². The fraction of sp³-hybridized carbons (Fsp3) is 0.385. The summed E-state index contributed by atoms with van der Waals surface area (Å²) in [6.07, 6.45) is 0.907. The number of urea groups is 1. The number of hydrogen-bond donors (Lipinski definition) is 3. The van der Waals surface area contributed by atoms with Crippen LogP contribution in [0.15, 0.2) is 18.2 Å². The maximum atomic E-state index is 11.6. The summed E-state index contributed by atoms with van der Waals surface area (Å²) < 4.78 is 5.59. The second-order valence-electron chi connectivity index (χ2n) is 4.58. The number of primary amides is 1. The lowest BCUT2D eigenvalue weighted by Crippen LogP contribution is -2.42. The molecule has 1 aromatic rings. The Labute approximate surface area is 111 Å². The molecule has 5 N–H and O–H groups in total. The first-order valence-electron chi connectivity index (χ1n) is 6.13. The lowest BCUT2D eigenvalue weighted by atomic mass is 10.1. The summed E-state index contributed by atoms with van der Waals surface area (Å²) in [6.45, 7) is 1.56. The molecule has 0 fully saturated rings. The molecule has 2 unspecified atom stereocenters. The van der Waals surface area contributed by atoms with Crippen molar-refractivity contribution >= 4 is 11.9 Å². The predicted molar refractivity (Wildman–Crippen MR) is 69.5 cm³/mol. The summed E-state index contributed by atoms with van der Waals surface area (Å²) in [5.41, 5.74) is 13.0. The number of imide groups is 1. The molecule has 0 spiro atoms. The molecule has 0 radical (unpaired) electrons. The molecule has 6 heteroatoms. The van der Waals surface area contributed by atoms with Crippen LogP contribution in [-0.4, -0.2) is 18.0 Å². The number of fused-ring (bicyclic) bond motifs is 1. The van der Waals surface area contributed by atoms with E-state index in [0.717, 1.165) is 24.0 Å². The normalized spacial score (nSPS) is 18.5. The third-order valence-electron chi connectivity index (χ3n) is 3.19. The van der Waals surface area contributed by atoms with E-state index >= 15 is 0 Å². The SMILES string of the molecule is CC(Oc1cccc2c1CCC2N)C(=O)NC(N)=O. The highest BCUT2D eigenvalue weighted by Crippen LogP contribution is 2.35. The van der Waals surface area contributed by atoms with Gasteiger partial charge in [0.05, 0.1) is 0 Å². The first-order valence-corrected chi connectivity index (χ1v) is 6.13. The molecule has 6 nitrogen and oxygen atoms in total. The number of rotatable bonds is 3. The number of amides is 3. The number of benzene rings is 1. The van der Waals surface area contributed by atoms with Gasteiger partial charge in [0, 0.05) is 6.04 Å². The van der Waals surface area contributed by atoms with E-state index in [1.54, 1.807) is 13.0 Å². The van der Waals surface area contributed by atoms with Gasteiger partial charge in [0.1, 0.15) is 5.75 Å². The fourth-order valence-electron chi connectivity index (χ4n) is 2.23. The average Bonchev–Trinajstić information content (AvgIpc) is 2.71. The van der Waals surface area contributed by atoms with Crippen LogP contribution in [0.3, 0.4) is 0 Å². The number of carbonyl (C=O) groups is 2. The quantitative estimate of drug-likeness (QED) is 0.741. The predicted octanol–water partition coefficient (Wildman–Crippen LogP) is 0.595. The average molecular weight is 263 g/mol. The minimum absolute atomic E-state index is 0.0216. The van der Waals surface area contributed by atoms with Gasteiger partial charge in [-0.15, -0.1) is 0 Å². The van der Waals surface area contributed by atoms with Crippen LogP contribution in [0.2, 0.25) is 0 Å². The van der Waals surface area contributed by atoms with E-state index in [1.807, 2.05) is 17.4 Å². The molecule has 1 aliphatic rings. The number of carbonyl (C=O) groups excluding carboxylic acids is 2. The van der Waals surface area contributed by atoms with Gasteiger partial charge < -0.3 is 16.2 Å². The molecule has 0 saturated heterocycles. The molecule has 0 heterocycles. The molecule has 2 atom stereocenters. The molecule has 19 heavy (non-hydrogen) atoms. The zero-order chi connectivity index (χ0) is 14.0. The minimum atomic E-state index is -0.888. The van der Waals surface area contributed by atoms with Crippen LogP contribution in [0.5, 0.6) is 5.75 Å². The Bertz CT molecular complexity index is 516. The number of hydrogen-bond acceptors (Lipinski definition) is 4. The Morgan fingerprint density at radius 3 is 2.89 bits per heavy atom. The van der Waals surface area contributed by atoms with Gasteiger partial charge in [0.25, 0.3) is 5.91 Å². The summed E-state index contributed by atoms with van der Waals surface area (Å²) in [7, 11) is 0. The molecule has 2 rings (SSSR count). The Hall–Kier alpha value is -2.08. The summed E-state index contributed by atoms with van der Waals surface area (Å²) in [6, 6.07) is 4.74. The van der Waals surface area contributed by atoms with Crippen LogP contribution in [0.25, 0.3) is 0 Å². The topological polar surface area (TPSA) is 107 Å². The van der Waals surface area contributed by atoms with Gasteiger partial charge in [-0.2, -0.15) is 0 Å². The van der Waals surface area contributed by atoms with Gasteiger partial charge in [-0.05, 0) is 37.0 Å². The molecule has 0 aliphatic heterocycles. The highest BCUT2D eigenvalue weighted by atomic mass is 16.5. The molecular weight excluding hydrogens is 246 g/mol. The summed E-state index contributed by atoms with van der Waals surface area (Å²) in [5, 5.41) is 1.99. The maximum Gasteiger partial charge on any atom is 0.318 e. The monoisotopic (exact) mass is 263 g/mol. The van der Waals surface area contributed by atoms with Gasteiger partial charge in [-0.1, -0.05) is 12.1 Å². The van der Waals surface area contributed by atoms with Crippen molar-refractivity contribution in [1.82, 2.24) is 5.32 Å². The zero-order valence-electron chi connectivity index (χ0n) is 10.7. The molecule has 1 aliphatic carbocycles. The molecule has 0 aromatic heterocycles. The van der Waals surface area contributed by atoms with Crippen LogP contribution >= 0.6 is 0 Å². The Morgan fingerprint density at radius 2 is 2.21 bits per heavy atom. The van der Waals surface area contributed by atoms with Crippen molar-refractivity contribution < 1.29 is 14.3 Å². The van der Waals surface area contributed by atoms with Crippen molar-refractivity contribution in [3.05, 3.63) is 29.3 Å². The smallest absolute Gasteiger partial charge is 0.318 e. The second kappa shape index (κ2) is 5.27. The summed E-state index contributed by atoms with van der Waals surface area (Å²) in [4.78, 5) is 22.2. The van der Waals surface area contributed by atoms with Crippen LogP contribution in [0.1, 0.15) is 30.5 Å². The first kappa shape index (κ1) is 13.4. The second-order valence-corrected chi connectivity index (χ2v) is 4.58. The third kappa shape index (κ3) is 2.85.